The molecule has 0 amide bonds. The summed E-state index contributed by atoms with van der Waals surface area (Å²) in [4.78, 5) is 11.5. The number of hydrogen-bond donors (Lipinski definition) is 1. The molecule has 0 saturated carbocycles. The predicted octanol–water partition coefficient (Wildman–Crippen LogP) is 3.41. The summed E-state index contributed by atoms with van der Waals surface area (Å²) in [6.45, 7) is 13.1. The first-order valence-corrected chi connectivity index (χ1v) is 7.33. The summed E-state index contributed by atoms with van der Waals surface area (Å²) in [5.41, 5.74) is 1.45. The van der Waals surface area contributed by atoms with Gasteiger partial charge in [0.25, 0.3) is 0 Å². The first-order valence-electron chi connectivity index (χ1n) is 7.33. The molecule has 1 aromatic heterocycles. The molecule has 2 heterocycles. The molecule has 0 unspecified atom stereocenters. The van der Waals surface area contributed by atoms with Crippen molar-refractivity contribution in [2.24, 2.45) is 0 Å². The largest absolute Gasteiger partial charge is 0.370 e. The molecule has 1 aliphatic heterocycles. The summed E-state index contributed by atoms with van der Waals surface area (Å²) >= 11 is 0. The summed E-state index contributed by atoms with van der Waals surface area (Å²) in [6, 6.07) is 0. The Kier molecular flexibility index (Phi) is 3.97. The minimum absolute atomic E-state index is 0.196. The van der Waals surface area contributed by atoms with Crippen LogP contribution in [0.5, 0.6) is 0 Å². The van der Waals surface area contributed by atoms with E-state index in [1.54, 1.807) is 6.33 Å². The van der Waals surface area contributed by atoms with Gasteiger partial charge in [-0.3, -0.25) is 0 Å². The lowest BCUT2D eigenvalue weighted by molar-refractivity contribution is 0.512. The number of nitrogens with one attached hydrogen (secondary N) is 1. The molecule has 2 rings (SSSR count). The third kappa shape index (κ3) is 2.67. The van der Waals surface area contributed by atoms with E-state index < -0.39 is 0 Å². The van der Waals surface area contributed by atoms with Crippen molar-refractivity contribution in [3.8, 4) is 0 Å². The van der Waals surface area contributed by atoms with Crippen molar-refractivity contribution < 1.29 is 0 Å². The van der Waals surface area contributed by atoms with Gasteiger partial charge in [0.15, 0.2) is 0 Å². The molecule has 1 N–H and O–H groups in total. The Morgan fingerprint density at radius 3 is 2.63 bits per heavy atom. The fourth-order valence-electron chi connectivity index (χ4n) is 2.94. The zero-order valence-corrected chi connectivity index (χ0v) is 12.8. The van der Waals surface area contributed by atoms with Crippen molar-refractivity contribution in [3.05, 3.63) is 11.9 Å². The first-order chi connectivity index (χ1) is 8.97. The van der Waals surface area contributed by atoms with E-state index in [1.165, 1.54) is 18.4 Å². The minimum Gasteiger partial charge on any atom is -0.370 e. The minimum atomic E-state index is 0.196. The van der Waals surface area contributed by atoms with Crippen LogP contribution in [0.1, 0.15) is 58.9 Å². The molecule has 4 nitrogen and oxygen atoms in total. The van der Waals surface area contributed by atoms with E-state index >= 15 is 0 Å². The van der Waals surface area contributed by atoms with Crippen LogP contribution in [0.25, 0.3) is 0 Å². The van der Waals surface area contributed by atoms with Crippen LogP contribution in [0.4, 0.5) is 11.6 Å². The van der Waals surface area contributed by atoms with Gasteiger partial charge in [-0.2, -0.15) is 0 Å². The van der Waals surface area contributed by atoms with Crippen LogP contribution in [0.3, 0.4) is 0 Å². The second kappa shape index (κ2) is 5.35. The Balaban J connectivity index is 2.47. The second-order valence-corrected chi connectivity index (χ2v) is 6.21. The zero-order valence-electron chi connectivity index (χ0n) is 12.8. The van der Waals surface area contributed by atoms with E-state index in [2.05, 4.69) is 54.8 Å². The van der Waals surface area contributed by atoms with Crippen LogP contribution < -0.4 is 10.2 Å². The van der Waals surface area contributed by atoms with Gasteiger partial charge < -0.3 is 10.2 Å². The van der Waals surface area contributed by atoms with Crippen molar-refractivity contribution in [1.29, 1.82) is 0 Å². The van der Waals surface area contributed by atoms with E-state index in [1.807, 2.05) is 0 Å². The molecule has 106 valence electrons. The first kappa shape index (κ1) is 14.1. The highest BCUT2D eigenvalue weighted by molar-refractivity contribution is 5.61. The molecule has 4 heteroatoms. The third-order valence-electron chi connectivity index (χ3n) is 3.94. The highest BCUT2D eigenvalue weighted by Gasteiger charge is 2.35. The van der Waals surface area contributed by atoms with Crippen LogP contribution in [-0.4, -0.2) is 28.6 Å². The smallest absolute Gasteiger partial charge is 0.138 e. The van der Waals surface area contributed by atoms with E-state index in [0.29, 0.717) is 5.92 Å². The fourth-order valence-corrected chi connectivity index (χ4v) is 2.94. The normalized spacial score (nSPS) is 18.1. The Morgan fingerprint density at radius 1 is 1.37 bits per heavy atom. The van der Waals surface area contributed by atoms with Crippen molar-refractivity contribution in [3.63, 3.8) is 0 Å². The Hall–Kier alpha value is -1.32. The van der Waals surface area contributed by atoms with Gasteiger partial charge in [0.2, 0.25) is 0 Å². The number of nitrogens with zero attached hydrogens (tertiary/aromatic N) is 3. The average Bonchev–Trinajstić information content (AvgIpc) is 2.68. The lowest BCUT2D eigenvalue weighted by atomic mass is 9.99. The topological polar surface area (TPSA) is 41.1 Å². The van der Waals surface area contributed by atoms with Gasteiger partial charge in [-0.15, -0.1) is 0 Å². The number of aromatic nitrogens is 2. The van der Waals surface area contributed by atoms with Crippen molar-refractivity contribution in [2.75, 3.05) is 23.3 Å². The summed E-state index contributed by atoms with van der Waals surface area (Å²) in [6.07, 6.45) is 4.16. The number of anilines is 2. The molecular weight excluding hydrogens is 236 g/mol. The molecule has 0 bridgehead atoms. The van der Waals surface area contributed by atoms with Crippen molar-refractivity contribution in [2.45, 2.75) is 58.9 Å². The van der Waals surface area contributed by atoms with Crippen LogP contribution in [0.15, 0.2) is 6.33 Å². The van der Waals surface area contributed by atoms with Gasteiger partial charge in [0.05, 0.1) is 0 Å². The fraction of sp³-hybridized carbons (Fsp3) is 0.733. The van der Waals surface area contributed by atoms with E-state index in [0.717, 1.165) is 24.7 Å². The Morgan fingerprint density at radius 2 is 2.11 bits per heavy atom. The van der Waals surface area contributed by atoms with Gasteiger partial charge in [-0.25, -0.2) is 9.97 Å². The quantitative estimate of drug-likeness (QED) is 0.903. The molecule has 0 aromatic carbocycles. The second-order valence-electron chi connectivity index (χ2n) is 6.21. The maximum atomic E-state index is 4.60. The summed E-state index contributed by atoms with van der Waals surface area (Å²) < 4.78 is 0. The highest BCUT2D eigenvalue weighted by Crippen LogP contribution is 2.38. The maximum absolute atomic E-state index is 4.60. The van der Waals surface area contributed by atoms with E-state index in [4.69, 9.17) is 0 Å². The van der Waals surface area contributed by atoms with Crippen LogP contribution >= 0.6 is 0 Å². The Bertz CT molecular complexity index is 440. The van der Waals surface area contributed by atoms with E-state index in [-0.39, 0.29) is 5.54 Å². The van der Waals surface area contributed by atoms with Crippen molar-refractivity contribution >= 4 is 11.6 Å². The molecule has 0 atom stereocenters. The lowest BCUT2D eigenvalue weighted by Gasteiger charge is -2.35. The number of rotatable bonds is 4. The highest BCUT2D eigenvalue weighted by atomic mass is 15.3. The monoisotopic (exact) mass is 262 g/mol. The van der Waals surface area contributed by atoms with Crippen LogP contribution in [-0.2, 0) is 0 Å². The van der Waals surface area contributed by atoms with Gasteiger partial charge in [0.1, 0.15) is 18.0 Å². The maximum Gasteiger partial charge on any atom is 0.138 e. The Labute approximate surface area is 116 Å². The van der Waals surface area contributed by atoms with Gasteiger partial charge >= 0.3 is 0 Å². The summed E-state index contributed by atoms with van der Waals surface area (Å²) in [7, 11) is 0. The standard InChI is InChI=1S/C15H26N4/c1-6-16-13-12(11(2)3)14(18-10-17-13)19-9-7-8-15(19,4)5/h10-11H,6-9H2,1-5H3,(H,16,17,18). The predicted molar refractivity (Wildman–Crippen MR) is 80.9 cm³/mol. The van der Waals surface area contributed by atoms with E-state index in [9.17, 15) is 0 Å². The van der Waals surface area contributed by atoms with Crippen LogP contribution in [0, 0.1) is 0 Å². The van der Waals surface area contributed by atoms with Gasteiger partial charge in [0, 0.05) is 24.2 Å². The molecule has 0 aliphatic carbocycles. The molecule has 1 aromatic rings. The van der Waals surface area contributed by atoms with Crippen molar-refractivity contribution in [1.82, 2.24) is 9.97 Å². The summed E-state index contributed by atoms with van der Waals surface area (Å²) in [5, 5.41) is 3.37. The lowest BCUT2D eigenvalue weighted by Crippen LogP contribution is -2.39. The SMILES string of the molecule is CCNc1ncnc(N2CCCC2(C)C)c1C(C)C. The molecular formula is C15H26N4. The molecule has 1 aliphatic rings. The summed E-state index contributed by atoms with van der Waals surface area (Å²) in [5.74, 6) is 2.52. The molecule has 0 radical (unpaired) electrons. The van der Waals surface area contributed by atoms with Gasteiger partial charge in [-0.05, 0) is 39.5 Å². The molecule has 1 saturated heterocycles. The third-order valence-corrected chi connectivity index (χ3v) is 3.94. The average molecular weight is 262 g/mol. The number of hydrogen-bond acceptors (Lipinski definition) is 4. The molecule has 0 spiro atoms. The van der Waals surface area contributed by atoms with Crippen LogP contribution in [0.2, 0.25) is 0 Å². The van der Waals surface area contributed by atoms with Gasteiger partial charge in [-0.1, -0.05) is 13.8 Å². The molecule has 1 fully saturated rings. The zero-order chi connectivity index (χ0) is 14.0. The molecule has 19 heavy (non-hydrogen) atoms.